The van der Waals surface area contributed by atoms with E-state index in [0.29, 0.717) is 6.04 Å². The summed E-state index contributed by atoms with van der Waals surface area (Å²) in [5.41, 5.74) is 5.49. The Labute approximate surface area is 90.7 Å². The second-order valence-corrected chi connectivity index (χ2v) is 4.79. The molecule has 0 saturated heterocycles. The zero-order chi connectivity index (χ0) is 10.4. The zero-order valence-electron chi connectivity index (χ0n) is 9.07. The molecule has 2 N–H and O–H groups in total. The molecule has 0 spiro atoms. The van der Waals surface area contributed by atoms with E-state index < -0.39 is 0 Å². The second-order valence-electron chi connectivity index (χ2n) is 3.76. The van der Waals surface area contributed by atoms with Gasteiger partial charge in [0.05, 0.1) is 0 Å². The monoisotopic (exact) mass is 212 g/mol. The Morgan fingerprint density at radius 3 is 2.93 bits per heavy atom. The topological polar surface area (TPSA) is 29.3 Å². The first kappa shape index (κ1) is 11.7. The molecule has 1 heterocycles. The summed E-state index contributed by atoms with van der Waals surface area (Å²) in [7, 11) is 2.17. The fourth-order valence-electron chi connectivity index (χ4n) is 1.44. The number of hydrogen-bond acceptors (Lipinski definition) is 3. The lowest BCUT2D eigenvalue weighted by atomic mass is 10.2. The van der Waals surface area contributed by atoms with Crippen molar-refractivity contribution in [1.29, 1.82) is 0 Å². The van der Waals surface area contributed by atoms with Crippen LogP contribution in [0.3, 0.4) is 0 Å². The summed E-state index contributed by atoms with van der Waals surface area (Å²) in [6.07, 6.45) is 2.24. The second kappa shape index (κ2) is 6.17. The minimum Gasteiger partial charge on any atom is -0.330 e. The molecule has 0 bridgehead atoms. The predicted molar refractivity (Wildman–Crippen MR) is 63.8 cm³/mol. The molecule has 80 valence electrons. The van der Waals surface area contributed by atoms with E-state index in [1.54, 1.807) is 0 Å². The summed E-state index contributed by atoms with van der Waals surface area (Å²) in [5.74, 6) is 0. The van der Waals surface area contributed by atoms with Crippen LogP contribution in [0.25, 0.3) is 0 Å². The highest BCUT2D eigenvalue weighted by Gasteiger charge is 2.09. The lowest BCUT2D eigenvalue weighted by molar-refractivity contribution is 0.255. The quantitative estimate of drug-likeness (QED) is 0.781. The van der Waals surface area contributed by atoms with Gasteiger partial charge in [-0.15, -0.1) is 11.3 Å². The van der Waals surface area contributed by atoms with Crippen molar-refractivity contribution in [2.75, 3.05) is 20.1 Å². The van der Waals surface area contributed by atoms with Gasteiger partial charge in [0.1, 0.15) is 0 Å². The van der Waals surface area contributed by atoms with E-state index >= 15 is 0 Å². The Bertz CT molecular complexity index is 233. The molecule has 0 radical (unpaired) electrons. The first-order valence-corrected chi connectivity index (χ1v) is 6.04. The van der Waals surface area contributed by atoms with Crippen molar-refractivity contribution in [3.05, 3.63) is 22.4 Å². The van der Waals surface area contributed by atoms with Crippen LogP contribution in [0.1, 0.15) is 18.2 Å². The van der Waals surface area contributed by atoms with Crippen molar-refractivity contribution in [2.24, 2.45) is 5.73 Å². The number of nitrogens with zero attached hydrogens (tertiary/aromatic N) is 1. The van der Waals surface area contributed by atoms with Crippen molar-refractivity contribution in [1.82, 2.24) is 4.90 Å². The van der Waals surface area contributed by atoms with Crippen LogP contribution < -0.4 is 5.73 Å². The summed E-state index contributed by atoms with van der Waals surface area (Å²) in [4.78, 5) is 3.85. The van der Waals surface area contributed by atoms with Crippen molar-refractivity contribution >= 4 is 11.3 Å². The van der Waals surface area contributed by atoms with Crippen molar-refractivity contribution in [3.63, 3.8) is 0 Å². The average molecular weight is 212 g/mol. The van der Waals surface area contributed by atoms with Crippen LogP contribution in [0.4, 0.5) is 0 Å². The molecule has 1 aromatic rings. The van der Waals surface area contributed by atoms with Gasteiger partial charge in [0.25, 0.3) is 0 Å². The summed E-state index contributed by atoms with van der Waals surface area (Å²) in [5, 5.41) is 2.14. The van der Waals surface area contributed by atoms with Crippen LogP contribution in [0, 0.1) is 0 Å². The van der Waals surface area contributed by atoms with E-state index in [1.165, 1.54) is 4.88 Å². The lowest BCUT2D eigenvalue weighted by Gasteiger charge is -2.23. The highest BCUT2D eigenvalue weighted by molar-refractivity contribution is 7.09. The first-order chi connectivity index (χ1) is 6.74. The minimum absolute atomic E-state index is 0.611. The predicted octanol–water partition coefficient (Wildman–Crippen LogP) is 1.96. The van der Waals surface area contributed by atoms with Gasteiger partial charge in [-0.2, -0.15) is 0 Å². The minimum atomic E-state index is 0.611. The Morgan fingerprint density at radius 2 is 2.36 bits per heavy atom. The highest BCUT2D eigenvalue weighted by atomic mass is 32.1. The van der Waals surface area contributed by atoms with Crippen molar-refractivity contribution in [2.45, 2.75) is 25.8 Å². The third-order valence-electron chi connectivity index (χ3n) is 2.54. The van der Waals surface area contributed by atoms with E-state index in [2.05, 4.69) is 36.4 Å². The van der Waals surface area contributed by atoms with Crippen LogP contribution in [0.2, 0.25) is 0 Å². The van der Waals surface area contributed by atoms with Crippen molar-refractivity contribution < 1.29 is 0 Å². The third kappa shape index (κ3) is 3.78. The van der Waals surface area contributed by atoms with Gasteiger partial charge in [0, 0.05) is 10.9 Å². The molecule has 14 heavy (non-hydrogen) atoms. The molecule has 1 aromatic heterocycles. The summed E-state index contributed by atoms with van der Waals surface area (Å²) in [6, 6.07) is 4.94. The average Bonchev–Trinajstić information content (AvgIpc) is 2.66. The fourth-order valence-corrected chi connectivity index (χ4v) is 2.26. The smallest absolute Gasteiger partial charge is 0.0112 e. The van der Waals surface area contributed by atoms with Crippen LogP contribution in [0.15, 0.2) is 17.5 Å². The SMILES string of the molecule is CC(Cc1cccs1)N(C)CCCN. The Hall–Kier alpha value is -0.380. The first-order valence-electron chi connectivity index (χ1n) is 5.16. The van der Waals surface area contributed by atoms with Gasteiger partial charge in [-0.05, 0) is 51.3 Å². The number of likely N-dealkylation sites (N-methyl/N-ethyl adjacent to an activating group) is 1. The summed E-state index contributed by atoms with van der Waals surface area (Å²) < 4.78 is 0. The van der Waals surface area contributed by atoms with Crippen LogP contribution in [-0.2, 0) is 6.42 Å². The largest absolute Gasteiger partial charge is 0.330 e. The standard InChI is InChI=1S/C11H20N2S/c1-10(13(2)7-4-6-12)9-11-5-3-8-14-11/h3,5,8,10H,4,6-7,9,12H2,1-2H3. The molecule has 0 aromatic carbocycles. The van der Waals surface area contributed by atoms with Gasteiger partial charge in [0.15, 0.2) is 0 Å². The zero-order valence-corrected chi connectivity index (χ0v) is 9.89. The number of thiophene rings is 1. The molecule has 0 fully saturated rings. The van der Waals surface area contributed by atoms with E-state index in [1.807, 2.05) is 11.3 Å². The maximum atomic E-state index is 5.49. The third-order valence-corrected chi connectivity index (χ3v) is 3.44. The Kier molecular flexibility index (Phi) is 5.15. The maximum absolute atomic E-state index is 5.49. The molecule has 1 rings (SSSR count). The number of rotatable bonds is 6. The molecule has 0 amide bonds. The van der Waals surface area contributed by atoms with E-state index in [4.69, 9.17) is 5.73 Å². The molecule has 0 aliphatic heterocycles. The van der Waals surface area contributed by atoms with E-state index in [0.717, 1.165) is 25.9 Å². The molecule has 3 heteroatoms. The molecular weight excluding hydrogens is 192 g/mol. The van der Waals surface area contributed by atoms with Gasteiger partial charge in [-0.1, -0.05) is 6.07 Å². The molecule has 0 aliphatic rings. The number of hydrogen-bond donors (Lipinski definition) is 1. The highest BCUT2D eigenvalue weighted by Crippen LogP contribution is 2.13. The van der Waals surface area contributed by atoms with Crippen LogP contribution in [-0.4, -0.2) is 31.1 Å². The van der Waals surface area contributed by atoms with Gasteiger partial charge in [0.2, 0.25) is 0 Å². The number of nitrogens with two attached hydrogens (primary N) is 1. The molecule has 1 atom stereocenters. The summed E-state index contributed by atoms with van der Waals surface area (Å²) in [6.45, 7) is 4.16. The molecule has 1 unspecified atom stereocenters. The normalized spacial score (nSPS) is 13.4. The van der Waals surface area contributed by atoms with Gasteiger partial charge in [-0.3, -0.25) is 0 Å². The van der Waals surface area contributed by atoms with Gasteiger partial charge >= 0.3 is 0 Å². The summed E-state index contributed by atoms with van der Waals surface area (Å²) >= 11 is 1.84. The molecular formula is C11H20N2S. The Balaban J connectivity index is 2.30. The molecule has 0 saturated carbocycles. The van der Waals surface area contributed by atoms with E-state index in [9.17, 15) is 0 Å². The fraction of sp³-hybridized carbons (Fsp3) is 0.636. The Morgan fingerprint density at radius 1 is 1.57 bits per heavy atom. The lowest BCUT2D eigenvalue weighted by Crippen LogP contribution is -2.32. The maximum Gasteiger partial charge on any atom is 0.0112 e. The van der Waals surface area contributed by atoms with Crippen LogP contribution in [0.5, 0.6) is 0 Å². The molecule has 2 nitrogen and oxygen atoms in total. The van der Waals surface area contributed by atoms with E-state index in [-0.39, 0.29) is 0 Å². The van der Waals surface area contributed by atoms with Gasteiger partial charge < -0.3 is 10.6 Å². The van der Waals surface area contributed by atoms with Crippen molar-refractivity contribution in [3.8, 4) is 0 Å². The molecule has 0 aliphatic carbocycles. The van der Waals surface area contributed by atoms with Crippen LogP contribution >= 0.6 is 11.3 Å². The van der Waals surface area contributed by atoms with Gasteiger partial charge in [-0.25, -0.2) is 0 Å².